The van der Waals surface area contributed by atoms with Crippen LogP contribution in [0.1, 0.15) is 15.9 Å². The van der Waals surface area contributed by atoms with Crippen molar-refractivity contribution in [2.24, 2.45) is 0 Å². The number of carbonyl (C=O) groups is 1. The number of nitrogens with one attached hydrogen (secondary N) is 1. The quantitative estimate of drug-likeness (QED) is 0.513. The highest BCUT2D eigenvalue weighted by molar-refractivity contribution is 5.92. The minimum absolute atomic E-state index is 0.0405. The molecular weight excluding hydrogens is 205 g/mol. The lowest BCUT2D eigenvalue weighted by Gasteiger charge is -2.06. The van der Waals surface area contributed by atoms with E-state index in [-0.39, 0.29) is 12.1 Å². The minimum Gasteiger partial charge on any atom is -0.504 e. The topological polar surface area (TPSA) is 78.8 Å². The molecule has 0 saturated carbocycles. The van der Waals surface area contributed by atoms with Crippen LogP contribution in [-0.2, 0) is 11.3 Å². The molecule has 1 aromatic rings. The Bertz CT molecular complexity index is 381. The molecule has 0 saturated heterocycles. The van der Waals surface area contributed by atoms with E-state index in [1.54, 1.807) is 0 Å². The molecule has 0 aliphatic carbocycles. The average Bonchev–Trinajstić information content (AvgIpc) is 2.22. The highest BCUT2D eigenvalue weighted by Crippen LogP contribution is 2.23. The van der Waals surface area contributed by atoms with E-state index in [1.807, 2.05) is 5.48 Å². The van der Waals surface area contributed by atoms with Gasteiger partial charge in [-0.25, -0.2) is 14.7 Å². The Balaban J connectivity index is 3.18. The fourth-order valence-electron chi connectivity index (χ4n) is 1.11. The van der Waals surface area contributed by atoms with Gasteiger partial charge >= 0.3 is 5.97 Å². The van der Waals surface area contributed by atoms with Crippen LogP contribution in [0.4, 0.5) is 4.39 Å². The largest absolute Gasteiger partial charge is 0.504 e. The molecule has 3 N–H and O–H groups in total. The number of aromatic hydroxyl groups is 1. The number of carbonyl (C=O) groups excluding carboxylic acids is 1. The Morgan fingerprint density at radius 3 is 2.80 bits per heavy atom. The van der Waals surface area contributed by atoms with Gasteiger partial charge in [0, 0.05) is 6.54 Å². The van der Waals surface area contributed by atoms with Gasteiger partial charge in [-0.1, -0.05) is 0 Å². The monoisotopic (exact) mass is 215 g/mol. The lowest BCUT2D eigenvalue weighted by atomic mass is 10.1. The van der Waals surface area contributed by atoms with Crippen molar-refractivity contribution in [2.75, 3.05) is 7.11 Å². The van der Waals surface area contributed by atoms with Crippen molar-refractivity contribution in [1.29, 1.82) is 0 Å². The molecule has 1 rings (SSSR count). The Labute approximate surface area is 85.1 Å². The highest BCUT2D eigenvalue weighted by Gasteiger charge is 2.16. The second kappa shape index (κ2) is 4.72. The van der Waals surface area contributed by atoms with Crippen LogP contribution < -0.4 is 5.48 Å². The van der Waals surface area contributed by atoms with Gasteiger partial charge in [-0.2, -0.15) is 0 Å². The van der Waals surface area contributed by atoms with Crippen molar-refractivity contribution in [3.63, 3.8) is 0 Å². The van der Waals surface area contributed by atoms with Crippen molar-refractivity contribution in [1.82, 2.24) is 5.48 Å². The van der Waals surface area contributed by atoms with Gasteiger partial charge in [0.05, 0.1) is 7.11 Å². The molecule has 0 radical (unpaired) electrons. The number of halogens is 1. The van der Waals surface area contributed by atoms with Crippen molar-refractivity contribution in [3.8, 4) is 5.75 Å². The van der Waals surface area contributed by atoms with E-state index in [1.165, 1.54) is 6.07 Å². The number of benzene rings is 1. The van der Waals surface area contributed by atoms with Crippen LogP contribution in [-0.4, -0.2) is 23.4 Å². The second-order valence-corrected chi connectivity index (χ2v) is 2.80. The predicted octanol–water partition coefficient (Wildman–Crippen LogP) is 0.797. The summed E-state index contributed by atoms with van der Waals surface area (Å²) in [5.41, 5.74) is 1.85. The lowest BCUT2D eigenvalue weighted by Crippen LogP contribution is -2.09. The van der Waals surface area contributed by atoms with Crippen LogP contribution in [0.2, 0.25) is 0 Å². The molecule has 5 nitrogen and oxygen atoms in total. The maximum Gasteiger partial charge on any atom is 0.341 e. The zero-order valence-electron chi connectivity index (χ0n) is 7.95. The summed E-state index contributed by atoms with van der Waals surface area (Å²) in [5.74, 6) is -2.54. The third-order valence-electron chi connectivity index (χ3n) is 1.81. The van der Waals surface area contributed by atoms with Gasteiger partial charge in [0.25, 0.3) is 0 Å². The summed E-state index contributed by atoms with van der Waals surface area (Å²) in [6, 6.07) is 2.23. The third kappa shape index (κ3) is 2.42. The standard InChI is InChI=1S/C9H10FNO4/c1-15-9(13)6-2-5(4-11-14)3-7(10)8(6)12/h2-3,11-12,14H,4H2,1H3. The van der Waals surface area contributed by atoms with Gasteiger partial charge in [0.2, 0.25) is 0 Å². The molecule has 0 unspecified atom stereocenters. The van der Waals surface area contributed by atoms with Gasteiger partial charge in [-0.05, 0) is 17.7 Å². The number of esters is 1. The van der Waals surface area contributed by atoms with Crippen LogP contribution >= 0.6 is 0 Å². The number of methoxy groups -OCH3 is 1. The van der Waals surface area contributed by atoms with Gasteiger partial charge in [0.1, 0.15) is 5.56 Å². The average molecular weight is 215 g/mol. The molecule has 15 heavy (non-hydrogen) atoms. The molecule has 0 aliphatic rings. The number of ether oxygens (including phenoxy) is 1. The predicted molar refractivity (Wildman–Crippen MR) is 48.0 cm³/mol. The molecule has 0 fully saturated rings. The van der Waals surface area contributed by atoms with E-state index in [2.05, 4.69) is 4.74 Å². The molecule has 0 heterocycles. The van der Waals surface area contributed by atoms with Gasteiger partial charge in [-0.3, -0.25) is 0 Å². The Kier molecular flexibility index (Phi) is 3.59. The molecule has 0 amide bonds. The van der Waals surface area contributed by atoms with E-state index in [0.717, 1.165) is 13.2 Å². The number of rotatable bonds is 3. The van der Waals surface area contributed by atoms with E-state index in [4.69, 9.17) is 5.21 Å². The van der Waals surface area contributed by atoms with Gasteiger partial charge in [-0.15, -0.1) is 0 Å². The summed E-state index contributed by atoms with van der Waals surface area (Å²) in [6.07, 6.45) is 0. The third-order valence-corrected chi connectivity index (χ3v) is 1.81. The highest BCUT2D eigenvalue weighted by atomic mass is 19.1. The summed E-state index contributed by atoms with van der Waals surface area (Å²) in [5, 5.41) is 17.6. The fourth-order valence-corrected chi connectivity index (χ4v) is 1.11. The minimum atomic E-state index is -0.942. The van der Waals surface area contributed by atoms with Crippen molar-refractivity contribution < 1.29 is 24.2 Å². The first-order chi connectivity index (χ1) is 7.10. The van der Waals surface area contributed by atoms with Gasteiger partial charge < -0.3 is 15.1 Å². The SMILES string of the molecule is COC(=O)c1cc(CNO)cc(F)c1O. The maximum atomic E-state index is 13.1. The Hall–Kier alpha value is -1.66. The van der Waals surface area contributed by atoms with E-state index < -0.39 is 17.5 Å². The fraction of sp³-hybridized carbons (Fsp3) is 0.222. The van der Waals surface area contributed by atoms with Gasteiger partial charge in [0.15, 0.2) is 11.6 Å². The smallest absolute Gasteiger partial charge is 0.341 e. The number of hydroxylamine groups is 1. The van der Waals surface area contributed by atoms with E-state index in [0.29, 0.717) is 5.56 Å². The number of hydrogen-bond acceptors (Lipinski definition) is 5. The zero-order chi connectivity index (χ0) is 11.4. The normalized spacial score (nSPS) is 10.1. The molecule has 82 valence electrons. The van der Waals surface area contributed by atoms with Crippen LogP contribution in [0.25, 0.3) is 0 Å². The maximum absolute atomic E-state index is 13.1. The first-order valence-corrected chi connectivity index (χ1v) is 4.06. The summed E-state index contributed by atoms with van der Waals surface area (Å²) < 4.78 is 17.4. The molecule has 0 spiro atoms. The van der Waals surface area contributed by atoms with Crippen LogP contribution in [0.5, 0.6) is 5.75 Å². The van der Waals surface area contributed by atoms with Crippen LogP contribution in [0.3, 0.4) is 0 Å². The zero-order valence-corrected chi connectivity index (χ0v) is 7.95. The molecular formula is C9H10FNO4. The molecule has 1 aromatic carbocycles. The number of phenols is 1. The summed E-state index contributed by atoms with van der Waals surface area (Å²) in [6.45, 7) is -0.0405. The lowest BCUT2D eigenvalue weighted by molar-refractivity contribution is 0.0596. The first-order valence-electron chi connectivity index (χ1n) is 4.06. The molecule has 0 atom stereocenters. The van der Waals surface area contributed by atoms with Crippen LogP contribution in [0, 0.1) is 5.82 Å². The van der Waals surface area contributed by atoms with Crippen molar-refractivity contribution in [2.45, 2.75) is 6.54 Å². The second-order valence-electron chi connectivity index (χ2n) is 2.80. The molecule has 0 aromatic heterocycles. The molecule has 6 heteroatoms. The first kappa shape index (κ1) is 11.4. The Morgan fingerprint density at radius 1 is 1.60 bits per heavy atom. The number of hydrogen-bond donors (Lipinski definition) is 3. The molecule has 0 bridgehead atoms. The summed E-state index contributed by atoms with van der Waals surface area (Å²) in [4.78, 5) is 11.1. The van der Waals surface area contributed by atoms with E-state index >= 15 is 0 Å². The number of phenolic OH excluding ortho intramolecular Hbond substituents is 1. The van der Waals surface area contributed by atoms with Crippen molar-refractivity contribution >= 4 is 5.97 Å². The van der Waals surface area contributed by atoms with E-state index in [9.17, 15) is 14.3 Å². The summed E-state index contributed by atoms with van der Waals surface area (Å²) >= 11 is 0. The molecule has 0 aliphatic heterocycles. The van der Waals surface area contributed by atoms with Crippen LogP contribution in [0.15, 0.2) is 12.1 Å². The summed E-state index contributed by atoms with van der Waals surface area (Å²) in [7, 11) is 1.12. The Morgan fingerprint density at radius 2 is 2.27 bits per heavy atom. The van der Waals surface area contributed by atoms with Crippen molar-refractivity contribution in [3.05, 3.63) is 29.1 Å².